The number of benzene rings is 1. The Kier molecular flexibility index (Phi) is 3.59. The first-order chi connectivity index (χ1) is 9.22. The van der Waals surface area contributed by atoms with E-state index in [9.17, 15) is 0 Å². The zero-order valence-corrected chi connectivity index (χ0v) is 11.3. The molecule has 1 fully saturated rings. The number of fused-ring (bicyclic) bond motifs is 1. The van der Waals surface area contributed by atoms with Gasteiger partial charge in [0, 0.05) is 31.7 Å². The molecular weight excluding hydrogens is 242 g/mol. The predicted octanol–water partition coefficient (Wildman–Crippen LogP) is 0.709. The number of hydrogen-bond donors (Lipinski definition) is 2. The quantitative estimate of drug-likeness (QED) is 0.841. The van der Waals surface area contributed by atoms with Crippen molar-refractivity contribution in [1.29, 1.82) is 0 Å². The zero-order valence-electron chi connectivity index (χ0n) is 11.3. The first-order valence-electron chi connectivity index (χ1n) is 6.79. The van der Waals surface area contributed by atoms with Crippen LogP contribution in [0.25, 0.3) is 0 Å². The van der Waals surface area contributed by atoms with Crippen LogP contribution in [0.4, 0.5) is 0 Å². The molecule has 5 nitrogen and oxygen atoms in total. The summed E-state index contributed by atoms with van der Waals surface area (Å²) < 4.78 is 10.7. The molecule has 1 aromatic carbocycles. The monoisotopic (exact) mass is 263 g/mol. The number of hydrogen-bond acceptors (Lipinski definition) is 5. The van der Waals surface area contributed by atoms with Gasteiger partial charge >= 0.3 is 0 Å². The molecule has 0 bridgehead atoms. The number of ether oxygens (including phenoxy) is 2. The molecule has 0 amide bonds. The van der Waals surface area contributed by atoms with Crippen molar-refractivity contribution in [2.75, 3.05) is 33.5 Å². The number of likely N-dealkylation sites (N-methyl/N-ethyl adjacent to an activating group) is 1. The van der Waals surface area contributed by atoms with Crippen LogP contribution < -0.4 is 20.5 Å². The Labute approximate surface area is 113 Å². The van der Waals surface area contributed by atoms with Crippen LogP contribution in [0.5, 0.6) is 11.5 Å². The second kappa shape index (κ2) is 5.36. The van der Waals surface area contributed by atoms with Crippen molar-refractivity contribution in [3.05, 3.63) is 23.8 Å². The molecule has 1 saturated heterocycles. The maximum atomic E-state index is 6.31. The number of nitrogens with two attached hydrogens (primary N) is 1. The lowest BCUT2D eigenvalue weighted by molar-refractivity contribution is 0.174. The van der Waals surface area contributed by atoms with Crippen LogP contribution in [-0.4, -0.2) is 44.4 Å². The molecule has 19 heavy (non-hydrogen) atoms. The summed E-state index contributed by atoms with van der Waals surface area (Å²) in [5, 5.41) is 3.52. The lowest BCUT2D eigenvalue weighted by Crippen LogP contribution is -2.49. The van der Waals surface area contributed by atoms with Crippen LogP contribution in [0.1, 0.15) is 18.0 Å². The summed E-state index contributed by atoms with van der Waals surface area (Å²) in [7, 11) is 2.15. The van der Waals surface area contributed by atoms with E-state index in [0.717, 1.165) is 43.1 Å². The van der Waals surface area contributed by atoms with Crippen molar-refractivity contribution >= 4 is 0 Å². The normalized spacial score (nSPS) is 24.4. The van der Waals surface area contributed by atoms with Crippen molar-refractivity contribution < 1.29 is 9.47 Å². The summed E-state index contributed by atoms with van der Waals surface area (Å²) in [6, 6.07) is 6.46. The summed E-state index contributed by atoms with van der Waals surface area (Å²) in [5.74, 6) is 1.62. The average Bonchev–Trinajstić information content (AvgIpc) is 2.85. The minimum Gasteiger partial charge on any atom is -0.454 e. The van der Waals surface area contributed by atoms with Crippen LogP contribution in [0.3, 0.4) is 0 Å². The number of nitrogens with one attached hydrogen (secondary N) is 1. The second-order valence-electron chi connectivity index (χ2n) is 5.37. The van der Waals surface area contributed by atoms with Crippen LogP contribution in [0.2, 0.25) is 0 Å². The van der Waals surface area contributed by atoms with Crippen molar-refractivity contribution in [3.63, 3.8) is 0 Å². The van der Waals surface area contributed by atoms with E-state index in [1.807, 2.05) is 18.2 Å². The molecule has 0 saturated carbocycles. The van der Waals surface area contributed by atoms with Gasteiger partial charge in [-0.3, -0.25) is 0 Å². The molecule has 0 radical (unpaired) electrons. The van der Waals surface area contributed by atoms with E-state index >= 15 is 0 Å². The first kappa shape index (κ1) is 12.7. The fraction of sp³-hybridized carbons (Fsp3) is 0.571. The summed E-state index contributed by atoms with van der Waals surface area (Å²) in [5.41, 5.74) is 7.42. The number of nitrogens with zero attached hydrogens (tertiary/aromatic N) is 1. The predicted molar refractivity (Wildman–Crippen MR) is 73.4 cm³/mol. The molecule has 2 unspecified atom stereocenters. The van der Waals surface area contributed by atoms with E-state index in [1.165, 1.54) is 0 Å². The Morgan fingerprint density at radius 3 is 3.11 bits per heavy atom. The Hall–Kier alpha value is -1.30. The molecule has 1 aromatic rings. The molecule has 3 rings (SSSR count). The van der Waals surface area contributed by atoms with Crippen LogP contribution in [0, 0.1) is 0 Å². The van der Waals surface area contributed by atoms with Gasteiger partial charge in [0.1, 0.15) is 0 Å². The Balaban J connectivity index is 1.65. The average molecular weight is 263 g/mol. The fourth-order valence-corrected chi connectivity index (χ4v) is 2.74. The first-order valence-corrected chi connectivity index (χ1v) is 6.79. The van der Waals surface area contributed by atoms with Gasteiger partial charge in [0.2, 0.25) is 6.79 Å². The summed E-state index contributed by atoms with van der Waals surface area (Å²) >= 11 is 0. The summed E-state index contributed by atoms with van der Waals surface area (Å²) in [6.07, 6.45) is 0.935. The highest BCUT2D eigenvalue weighted by molar-refractivity contribution is 5.45. The van der Waals surface area contributed by atoms with Crippen LogP contribution in [-0.2, 0) is 0 Å². The molecule has 0 aliphatic carbocycles. The zero-order chi connectivity index (χ0) is 13.2. The molecule has 3 N–H and O–H groups in total. The highest BCUT2D eigenvalue weighted by Gasteiger charge is 2.21. The van der Waals surface area contributed by atoms with Gasteiger partial charge in [-0.1, -0.05) is 6.07 Å². The summed E-state index contributed by atoms with van der Waals surface area (Å²) in [6.45, 7) is 3.51. The third-order valence-electron chi connectivity index (χ3n) is 3.82. The highest BCUT2D eigenvalue weighted by atomic mass is 16.7. The van der Waals surface area contributed by atoms with Crippen molar-refractivity contribution in [1.82, 2.24) is 10.2 Å². The van der Waals surface area contributed by atoms with Gasteiger partial charge in [0.25, 0.3) is 0 Å². The number of piperazine rings is 1. The molecule has 2 heterocycles. The molecular formula is C14H21N3O2. The smallest absolute Gasteiger partial charge is 0.231 e. The van der Waals surface area contributed by atoms with E-state index < -0.39 is 0 Å². The van der Waals surface area contributed by atoms with Gasteiger partial charge in [0.15, 0.2) is 11.5 Å². The Morgan fingerprint density at radius 1 is 1.42 bits per heavy atom. The molecule has 5 heteroatoms. The van der Waals surface area contributed by atoms with E-state index in [2.05, 4.69) is 17.3 Å². The van der Waals surface area contributed by atoms with E-state index in [0.29, 0.717) is 12.8 Å². The van der Waals surface area contributed by atoms with Gasteiger partial charge in [0.05, 0.1) is 0 Å². The minimum atomic E-state index is 0.0264. The topological polar surface area (TPSA) is 59.8 Å². The minimum absolute atomic E-state index is 0.0264. The van der Waals surface area contributed by atoms with E-state index in [4.69, 9.17) is 15.2 Å². The standard InChI is InChI=1S/C14H21N3O2/c1-17-5-4-16-11(8-17)7-12(15)10-2-3-13-14(6-10)19-9-18-13/h2-3,6,11-12,16H,4-5,7-9,15H2,1H3. The summed E-state index contributed by atoms with van der Waals surface area (Å²) in [4.78, 5) is 2.34. The highest BCUT2D eigenvalue weighted by Crippen LogP contribution is 2.34. The maximum Gasteiger partial charge on any atom is 0.231 e. The molecule has 2 atom stereocenters. The lowest BCUT2D eigenvalue weighted by atomic mass is 9.98. The Morgan fingerprint density at radius 2 is 2.26 bits per heavy atom. The van der Waals surface area contributed by atoms with Gasteiger partial charge in [-0.15, -0.1) is 0 Å². The van der Waals surface area contributed by atoms with E-state index in [1.54, 1.807) is 0 Å². The van der Waals surface area contributed by atoms with Gasteiger partial charge in [-0.25, -0.2) is 0 Å². The van der Waals surface area contributed by atoms with Gasteiger partial charge in [-0.05, 0) is 31.2 Å². The van der Waals surface area contributed by atoms with E-state index in [-0.39, 0.29) is 6.04 Å². The number of rotatable bonds is 3. The Bertz CT molecular complexity index is 452. The van der Waals surface area contributed by atoms with Crippen LogP contribution >= 0.6 is 0 Å². The molecule has 0 aromatic heterocycles. The maximum absolute atomic E-state index is 6.31. The third-order valence-corrected chi connectivity index (χ3v) is 3.82. The molecule has 104 valence electrons. The van der Waals surface area contributed by atoms with Gasteiger partial charge in [-0.2, -0.15) is 0 Å². The van der Waals surface area contributed by atoms with Crippen molar-refractivity contribution in [2.24, 2.45) is 5.73 Å². The largest absolute Gasteiger partial charge is 0.454 e. The van der Waals surface area contributed by atoms with Crippen LogP contribution in [0.15, 0.2) is 18.2 Å². The fourth-order valence-electron chi connectivity index (χ4n) is 2.74. The lowest BCUT2D eigenvalue weighted by Gasteiger charge is -2.32. The SMILES string of the molecule is CN1CCNC(CC(N)c2ccc3c(c2)OCO3)C1. The molecule has 2 aliphatic rings. The van der Waals surface area contributed by atoms with Crippen molar-refractivity contribution in [3.8, 4) is 11.5 Å². The van der Waals surface area contributed by atoms with Crippen molar-refractivity contribution in [2.45, 2.75) is 18.5 Å². The molecule has 2 aliphatic heterocycles. The molecule has 0 spiro atoms. The van der Waals surface area contributed by atoms with Gasteiger partial charge < -0.3 is 25.4 Å². The third kappa shape index (κ3) is 2.83. The second-order valence-corrected chi connectivity index (χ2v) is 5.37.